The van der Waals surface area contributed by atoms with E-state index in [1.54, 1.807) is 22.0 Å². The van der Waals surface area contributed by atoms with Crippen LogP contribution in [0.2, 0.25) is 0 Å². The smallest absolute Gasteiger partial charge is 0.260 e. The van der Waals surface area contributed by atoms with Gasteiger partial charge in [0.15, 0.2) is 0 Å². The van der Waals surface area contributed by atoms with Crippen molar-refractivity contribution >= 4 is 28.5 Å². The van der Waals surface area contributed by atoms with Gasteiger partial charge in [-0.25, -0.2) is 0 Å². The average molecular weight is 278 g/mol. The van der Waals surface area contributed by atoms with Crippen molar-refractivity contribution in [2.75, 3.05) is 0 Å². The molecule has 0 saturated carbocycles. The van der Waals surface area contributed by atoms with Crippen molar-refractivity contribution in [1.29, 1.82) is 0 Å². The molecule has 0 atom stereocenters. The zero-order chi connectivity index (χ0) is 13.1. The predicted octanol–water partition coefficient (Wildman–Crippen LogP) is 2.10. The van der Waals surface area contributed by atoms with E-state index >= 15 is 0 Å². The molecule has 0 spiro atoms. The Kier molecular flexibility index (Phi) is 3.93. The lowest BCUT2D eigenvalue weighted by atomic mass is 10.2. The fourth-order valence-electron chi connectivity index (χ4n) is 1.81. The Hall–Kier alpha value is -1.46. The van der Waals surface area contributed by atoms with Gasteiger partial charge in [0.05, 0.1) is 5.56 Å². The summed E-state index contributed by atoms with van der Waals surface area (Å²) in [5, 5.41) is 2.04. The van der Waals surface area contributed by atoms with E-state index in [1.165, 1.54) is 4.88 Å². The van der Waals surface area contributed by atoms with Gasteiger partial charge < -0.3 is 10.3 Å². The third-order valence-electron chi connectivity index (χ3n) is 2.82. The minimum atomic E-state index is -0.0981. The van der Waals surface area contributed by atoms with Gasteiger partial charge in [-0.2, -0.15) is 0 Å². The van der Waals surface area contributed by atoms with Gasteiger partial charge >= 0.3 is 0 Å². The molecule has 0 radical (unpaired) electrons. The molecule has 0 aliphatic heterocycles. The van der Waals surface area contributed by atoms with Crippen LogP contribution in [0.4, 0.5) is 0 Å². The maximum atomic E-state index is 12.2. The first-order valence-electron chi connectivity index (χ1n) is 5.62. The molecule has 2 rings (SSSR count). The fraction of sp³-hybridized carbons (Fsp3) is 0.231. The molecule has 2 N–H and O–H groups in total. The van der Waals surface area contributed by atoms with E-state index in [9.17, 15) is 4.79 Å². The lowest BCUT2D eigenvalue weighted by molar-refractivity contribution is 0.652. The molecule has 18 heavy (non-hydrogen) atoms. The molecule has 2 heterocycles. The quantitative estimate of drug-likeness (QED) is 0.871. The molecule has 0 amide bonds. The van der Waals surface area contributed by atoms with Crippen molar-refractivity contribution in [1.82, 2.24) is 4.57 Å². The highest BCUT2D eigenvalue weighted by atomic mass is 32.1. The lowest BCUT2D eigenvalue weighted by Crippen LogP contribution is -2.30. The summed E-state index contributed by atoms with van der Waals surface area (Å²) in [5.41, 5.74) is 6.79. The molecule has 0 unspecified atom stereocenters. The molecule has 2 aromatic heterocycles. The van der Waals surface area contributed by atoms with Crippen molar-refractivity contribution < 1.29 is 0 Å². The van der Waals surface area contributed by atoms with Crippen LogP contribution in [0.3, 0.4) is 0 Å². The van der Waals surface area contributed by atoms with Gasteiger partial charge in [-0.15, -0.1) is 11.3 Å². The minimum Gasteiger partial charge on any atom is -0.389 e. The number of pyridine rings is 1. The number of nitrogens with two attached hydrogens (primary N) is 1. The van der Waals surface area contributed by atoms with Gasteiger partial charge in [0, 0.05) is 17.1 Å². The van der Waals surface area contributed by atoms with Crippen LogP contribution in [0.25, 0.3) is 0 Å². The molecule has 94 valence electrons. The molecule has 2 aromatic rings. The van der Waals surface area contributed by atoms with Gasteiger partial charge in [-0.3, -0.25) is 4.79 Å². The normalized spacial score (nSPS) is 10.5. The van der Waals surface area contributed by atoms with E-state index < -0.39 is 0 Å². The zero-order valence-electron chi connectivity index (χ0n) is 10.1. The Labute approximate surface area is 115 Å². The van der Waals surface area contributed by atoms with Crippen LogP contribution in [0, 0.1) is 6.92 Å². The summed E-state index contributed by atoms with van der Waals surface area (Å²) in [6.07, 6.45) is 0.846. The van der Waals surface area contributed by atoms with Crippen LogP contribution in [0.15, 0.2) is 34.4 Å². The van der Waals surface area contributed by atoms with E-state index in [4.69, 9.17) is 18.0 Å². The second kappa shape index (κ2) is 5.46. The standard InChI is InChI=1S/C13H14N2OS2/c1-9-4-5-11(12(14)17)13(16)15(9)7-6-10-3-2-8-18-10/h2-5,8H,6-7H2,1H3,(H2,14,17). The first-order chi connectivity index (χ1) is 8.59. The number of hydrogen-bond donors (Lipinski definition) is 1. The van der Waals surface area contributed by atoms with E-state index in [0.717, 1.165) is 12.1 Å². The highest BCUT2D eigenvalue weighted by Gasteiger charge is 2.08. The Bertz CT molecular complexity index is 614. The summed E-state index contributed by atoms with van der Waals surface area (Å²) in [6.45, 7) is 2.57. The molecular formula is C13H14N2OS2. The number of rotatable bonds is 4. The summed E-state index contributed by atoms with van der Waals surface area (Å²) >= 11 is 6.58. The van der Waals surface area contributed by atoms with Crippen LogP contribution in [-0.2, 0) is 13.0 Å². The van der Waals surface area contributed by atoms with Crippen molar-refractivity contribution in [2.24, 2.45) is 5.73 Å². The van der Waals surface area contributed by atoms with Crippen LogP contribution in [0.1, 0.15) is 16.1 Å². The Morgan fingerprint density at radius 3 is 2.83 bits per heavy atom. The van der Waals surface area contributed by atoms with Gasteiger partial charge in [0.2, 0.25) is 0 Å². The monoisotopic (exact) mass is 278 g/mol. The number of nitrogens with zero attached hydrogens (tertiary/aromatic N) is 1. The maximum Gasteiger partial charge on any atom is 0.260 e. The second-order valence-electron chi connectivity index (χ2n) is 4.04. The average Bonchev–Trinajstić information content (AvgIpc) is 2.81. The van der Waals surface area contributed by atoms with Crippen molar-refractivity contribution in [3.8, 4) is 0 Å². The molecule has 0 aliphatic carbocycles. The van der Waals surface area contributed by atoms with E-state index in [1.807, 2.05) is 24.4 Å². The van der Waals surface area contributed by atoms with E-state index in [0.29, 0.717) is 12.1 Å². The summed E-state index contributed by atoms with van der Waals surface area (Å²) < 4.78 is 1.73. The van der Waals surface area contributed by atoms with Crippen molar-refractivity contribution in [2.45, 2.75) is 19.9 Å². The van der Waals surface area contributed by atoms with Crippen LogP contribution in [0.5, 0.6) is 0 Å². The van der Waals surface area contributed by atoms with Gasteiger partial charge in [0.1, 0.15) is 4.99 Å². The summed E-state index contributed by atoms with van der Waals surface area (Å²) in [7, 11) is 0. The highest BCUT2D eigenvalue weighted by Crippen LogP contribution is 2.10. The number of aryl methyl sites for hydroxylation is 2. The molecule has 5 heteroatoms. The molecule has 0 bridgehead atoms. The third-order valence-corrected chi connectivity index (χ3v) is 3.98. The number of thiophene rings is 1. The molecule has 0 aliphatic rings. The predicted molar refractivity (Wildman–Crippen MR) is 79.3 cm³/mol. The largest absolute Gasteiger partial charge is 0.389 e. The minimum absolute atomic E-state index is 0.0981. The second-order valence-corrected chi connectivity index (χ2v) is 5.51. The molecular weight excluding hydrogens is 264 g/mol. The SMILES string of the molecule is Cc1ccc(C(N)=S)c(=O)n1CCc1cccs1. The summed E-state index contributed by atoms with van der Waals surface area (Å²) in [4.78, 5) is 13.6. The van der Waals surface area contributed by atoms with Crippen molar-refractivity contribution in [3.63, 3.8) is 0 Å². The third kappa shape index (κ3) is 2.68. The molecule has 0 fully saturated rings. The maximum absolute atomic E-state index is 12.2. The number of hydrogen-bond acceptors (Lipinski definition) is 3. The fourth-order valence-corrected chi connectivity index (χ4v) is 2.67. The summed E-state index contributed by atoms with van der Waals surface area (Å²) in [5.74, 6) is 0. The molecule has 0 aromatic carbocycles. The van der Waals surface area contributed by atoms with Crippen LogP contribution in [-0.4, -0.2) is 9.56 Å². The summed E-state index contributed by atoms with van der Waals surface area (Å²) in [6, 6.07) is 7.66. The number of aromatic nitrogens is 1. The Balaban J connectivity index is 2.29. The van der Waals surface area contributed by atoms with Crippen molar-refractivity contribution in [3.05, 3.63) is 56.1 Å². The topological polar surface area (TPSA) is 48.0 Å². The van der Waals surface area contributed by atoms with Gasteiger partial charge in [-0.05, 0) is 36.9 Å². The Morgan fingerprint density at radius 2 is 2.22 bits per heavy atom. The van der Waals surface area contributed by atoms with Crippen LogP contribution < -0.4 is 11.3 Å². The highest BCUT2D eigenvalue weighted by molar-refractivity contribution is 7.80. The molecule has 0 saturated heterocycles. The van der Waals surface area contributed by atoms with E-state index in [2.05, 4.69) is 6.07 Å². The Morgan fingerprint density at radius 1 is 1.44 bits per heavy atom. The molecule has 3 nitrogen and oxygen atoms in total. The van der Waals surface area contributed by atoms with Gasteiger partial charge in [0.25, 0.3) is 5.56 Å². The first kappa shape index (κ1) is 13.0. The first-order valence-corrected chi connectivity index (χ1v) is 6.91. The lowest BCUT2D eigenvalue weighted by Gasteiger charge is -2.10. The van der Waals surface area contributed by atoms with Gasteiger partial charge in [-0.1, -0.05) is 18.3 Å². The zero-order valence-corrected chi connectivity index (χ0v) is 11.7. The number of thiocarbonyl (C=S) groups is 1. The van der Waals surface area contributed by atoms with Crippen LogP contribution >= 0.6 is 23.6 Å². The van der Waals surface area contributed by atoms with E-state index in [-0.39, 0.29) is 10.5 Å².